The number of rotatable bonds is 4. The zero-order valence-corrected chi connectivity index (χ0v) is 19.9. The van der Waals surface area contributed by atoms with Crippen molar-refractivity contribution in [1.29, 1.82) is 0 Å². The maximum Gasteiger partial charge on any atom is 0.418 e. The van der Waals surface area contributed by atoms with Crippen molar-refractivity contribution >= 4 is 28.4 Å². The van der Waals surface area contributed by atoms with Crippen LogP contribution in [0.2, 0.25) is 0 Å². The SMILES string of the molecule is COc1cc2c(cc1Nc1ncc3c(N)cc(=O)n(-c4c(F)cccc4C(F)(F)F)c3n1)CN(C)CC2. The van der Waals surface area contributed by atoms with Gasteiger partial charge in [-0.1, -0.05) is 6.07 Å². The molecular formula is C25H22F4N6O2. The summed E-state index contributed by atoms with van der Waals surface area (Å²) in [5, 5.41) is 3.10. The van der Waals surface area contributed by atoms with Gasteiger partial charge in [-0.15, -0.1) is 0 Å². The summed E-state index contributed by atoms with van der Waals surface area (Å²) in [5.74, 6) is -0.763. The Hall–Kier alpha value is -4.19. The number of para-hydroxylation sites is 1. The minimum atomic E-state index is -4.93. The highest BCUT2D eigenvalue weighted by Gasteiger charge is 2.36. The van der Waals surface area contributed by atoms with Crippen LogP contribution in [0.25, 0.3) is 16.7 Å². The second-order valence-electron chi connectivity index (χ2n) is 8.77. The van der Waals surface area contributed by atoms with E-state index in [0.717, 1.165) is 48.8 Å². The molecule has 1 aliphatic rings. The number of halogens is 4. The largest absolute Gasteiger partial charge is 0.495 e. The van der Waals surface area contributed by atoms with Gasteiger partial charge < -0.3 is 20.7 Å². The Bertz CT molecular complexity index is 1580. The number of methoxy groups -OCH3 is 1. The van der Waals surface area contributed by atoms with E-state index in [-0.39, 0.29) is 22.7 Å². The zero-order valence-electron chi connectivity index (χ0n) is 19.9. The summed E-state index contributed by atoms with van der Waals surface area (Å²) in [5.41, 5.74) is 5.08. The Morgan fingerprint density at radius 1 is 1.16 bits per heavy atom. The predicted octanol–water partition coefficient (Wildman–Crippen LogP) is 4.26. The van der Waals surface area contributed by atoms with Crippen LogP contribution in [0.15, 0.2) is 47.4 Å². The summed E-state index contributed by atoms with van der Waals surface area (Å²) in [6, 6.07) is 7.18. The minimum Gasteiger partial charge on any atom is -0.495 e. The first-order valence-electron chi connectivity index (χ1n) is 11.3. The first kappa shape index (κ1) is 24.5. The van der Waals surface area contributed by atoms with Crippen molar-refractivity contribution in [3.63, 3.8) is 0 Å². The van der Waals surface area contributed by atoms with E-state index in [2.05, 4.69) is 20.2 Å². The Labute approximate surface area is 208 Å². The molecule has 2 aromatic heterocycles. The molecular weight excluding hydrogens is 492 g/mol. The number of hydrogen-bond donors (Lipinski definition) is 2. The van der Waals surface area contributed by atoms with Crippen molar-refractivity contribution in [1.82, 2.24) is 19.4 Å². The van der Waals surface area contributed by atoms with Gasteiger partial charge in [-0.3, -0.25) is 9.36 Å². The Balaban J connectivity index is 1.69. The number of ether oxygens (including phenoxy) is 1. The number of fused-ring (bicyclic) bond motifs is 2. The summed E-state index contributed by atoms with van der Waals surface area (Å²) in [6.45, 7) is 1.63. The van der Waals surface area contributed by atoms with Crippen LogP contribution in [0.4, 0.5) is 34.9 Å². The molecule has 0 spiro atoms. The molecule has 0 aliphatic carbocycles. The molecule has 8 nitrogen and oxygen atoms in total. The number of benzene rings is 2. The van der Waals surface area contributed by atoms with Crippen LogP contribution in [-0.2, 0) is 19.1 Å². The number of aromatic nitrogens is 3. The van der Waals surface area contributed by atoms with Crippen LogP contribution in [0, 0.1) is 5.82 Å². The van der Waals surface area contributed by atoms with E-state index in [4.69, 9.17) is 10.5 Å². The highest BCUT2D eigenvalue weighted by atomic mass is 19.4. The molecule has 0 atom stereocenters. The van der Waals surface area contributed by atoms with Gasteiger partial charge in [-0.2, -0.15) is 18.2 Å². The number of nitrogens with two attached hydrogens (primary N) is 1. The van der Waals surface area contributed by atoms with Gasteiger partial charge in [0.2, 0.25) is 5.95 Å². The van der Waals surface area contributed by atoms with E-state index >= 15 is 0 Å². The lowest BCUT2D eigenvalue weighted by Gasteiger charge is -2.26. The molecule has 0 saturated carbocycles. The Kier molecular flexibility index (Phi) is 5.98. The summed E-state index contributed by atoms with van der Waals surface area (Å²) >= 11 is 0. The monoisotopic (exact) mass is 514 g/mol. The molecule has 0 unspecified atom stereocenters. The molecule has 37 heavy (non-hydrogen) atoms. The third-order valence-electron chi connectivity index (χ3n) is 6.28. The number of nitrogens with zero attached hydrogens (tertiary/aromatic N) is 4. The smallest absolute Gasteiger partial charge is 0.418 e. The average molecular weight is 514 g/mol. The quantitative estimate of drug-likeness (QED) is 0.393. The van der Waals surface area contributed by atoms with Crippen LogP contribution in [-0.4, -0.2) is 40.1 Å². The molecule has 4 aromatic rings. The number of anilines is 3. The fourth-order valence-electron chi connectivity index (χ4n) is 4.49. The predicted molar refractivity (Wildman–Crippen MR) is 131 cm³/mol. The van der Waals surface area contributed by atoms with Gasteiger partial charge in [0.05, 0.1) is 29.4 Å². The van der Waals surface area contributed by atoms with Crippen molar-refractivity contribution in [3.8, 4) is 11.4 Å². The van der Waals surface area contributed by atoms with E-state index in [9.17, 15) is 22.4 Å². The molecule has 2 aromatic carbocycles. The zero-order chi connectivity index (χ0) is 26.5. The molecule has 1 aliphatic heterocycles. The second-order valence-corrected chi connectivity index (χ2v) is 8.77. The number of nitrogen functional groups attached to an aromatic ring is 1. The van der Waals surface area contributed by atoms with E-state index in [1.165, 1.54) is 13.3 Å². The lowest BCUT2D eigenvalue weighted by atomic mass is 9.99. The van der Waals surface area contributed by atoms with Crippen LogP contribution in [0.3, 0.4) is 0 Å². The molecule has 0 fully saturated rings. The third kappa shape index (κ3) is 4.44. The number of likely N-dealkylation sites (N-methyl/N-ethyl adjacent to an activating group) is 1. The van der Waals surface area contributed by atoms with E-state index < -0.39 is 28.8 Å². The van der Waals surface area contributed by atoms with Crippen molar-refractivity contribution in [2.75, 3.05) is 31.8 Å². The first-order chi connectivity index (χ1) is 17.6. The first-order valence-corrected chi connectivity index (χ1v) is 11.3. The summed E-state index contributed by atoms with van der Waals surface area (Å²) in [4.78, 5) is 23.6. The fraction of sp³-hybridized carbons (Fsp3) is 0.240. The molecule has 3 N–H and O–H groups in total. The van der Waals surface area contributed by atoms with E-state index in [1.807, 2.05) is 19.2 Å². The Morgan fingerprint density at radius 3 is 2.68 bits per heavy atom. The topological polar surface area (TPSA) is 98.3 Å². The van der Waals surface area contributed by atoms with E-state index in [0.29, 0.717) is 22.1 Å². The second kappa shape index (κ2) is 9.04. The maximum atomic E-state index is 14.8. The normalized spacial score (nSPS) is 14.0. The van der Waals surface area contributed by atoms with Crippen molar-refractivity contribution < 1.29 is 22.3 Å². The van der Waals surface area contributed by atoms with Crippen LogP contribution in [0.1, 0.15) is 16.7 Å². The number of alkyl halides is 3. The van der Waals surface area contributed by atoms with Crippen LogP contribution in [0.5, 0.6) is 5.75 Å². The van der Waals surface area contributed by atoms with Crippen molar-refractivity contribution in [2.24, 2.45) is 0 Å². The van der Waals surface area contributed by atoms with Crippen LogP contribution >= 0.6 is 0 Å². The van der Waals surface area contributed by atoms with Gasteiger partial charge >= 0.3 is 6.18 Å². The summed E-state index contributed by atoms with van der Waals surface area (Å²) in [7, 11) is 3.52. The Morgan fingerprint density at radius 2 is 1.95 bits per heavy atom. The highest BCUT2D eigenvalue weighted by molar-refractivity contribution is 5.89. The van der Waals surface area contributed by atoms with Crippen LogP contribution < -0.4 is 21.3 Å². The highest BCUT2D eigenvalue weighted by Crippen LogP contribution is 2.37. The molecule has 12 heteroatoms. The van der Waals surface area contributed by atoms with Gasteiger partial charge in [-0.05, 0) is 48.9 Å². The van der Waals surface area contributed by atoms with Crippen molar-refractivity contribution in [2.45, 2.75) is 19.1 Å². The molecule has 3 heterocycles. The molecule has 0 saturated heterocycles. The number of hydrogen-bond acceptors (Lipinski definition) is 7. The van der Waals surface area contributed by atoms with Crippen molar-refractivity contribution in [3.05, 3.63) is 75.5 Å². The van der Waals surface area contributed by atoms with Gasteiger partial charge in [0.15, 0.2) is 5.65 Å². The number of pyridine rings is 1. The van der Waals surface area contributed by atoms with Gasteiger partial charge in [0.1, 0.15) is 11.6 Å². The summed E-state index contributed by atoms with van der Waals surface area (Å²) in [6.07, 6.45) is -2.81. The molecule has 0 radical (unpaired) electrons. The minimum absolute atomic E-state index is 0.0430. The average Bonchev–Trinajstić information content (AvgIpc) is 2.83. The van der Waals surface area contributed by atoms with Gasteiger partial charge in [-0.25, -0.2) is 9.37 Å². The maximum absolute atomic E-state index is 14.8. The standard InChI is InChI=1S/C25H22F4N6O2/c1-34-7-6-13-9-20(37-2)19(8-14(13)12-34)32-24-31-11-15-18(30)10-21(36)35(23(15)33-24)22-16(25(27,28)29)4-3-5-17(22)26/h3-5,8-11H,6-7,12,30H2,1-2H3,(H,31,32,33). The van der Waals surface area contributed by atoms with Gasteiger partial charge in [0.25, 0.3) is 5.56 Å². The third-order valence-corrected chi connectivity index (χ3v) is 6.28. The van der Waals surface area contributed by atoms with Gasteiger partial charge in [0, 0.05) is 31.0 Å². The molecule has 5 rings (SSSR count). The lowest BCUT2D eigenvalue weighted by Crippen LogP contribution is -2.26. The number of nitrogens with one attached hydrogen (secondary N) is 1. The fourth-order valence-corrected chi connectivity index (χ4v) is 4.49. The lowest BCUT2D eigenvalue weighted by molar-refractivity contribution is -0.137. The molecule has 0 amide bonds. The molecule has 0 bridgehead atoms. The van der Waals surface area contributed by atoms with E-state index in [1.54, 1.807) is 0 Å². The summed E-state index contributed by atoms with van der Waals surface area (Å²) < 4.78 is 62.2. The molecule has 192 valence electrons.